The molecule has 0 bridgehead atoms. The average molecular weight is 416 g/mol. The smallest absolute Gasteiger partial charge is 0.244 e. The van der Waals surface area contributed by atoms with Crippen LogP contribution >= 0.6 is 11.3 Å². The van der Waals surface area contributed by atoms with Crippen molar-refractivity contribution in [3.63, 3.8) is 0 Å². The molecular formula is C19H21FN6O2S. The van der Waals surface area contributed by atoms with E-state index in [4.69, 9.17) is 4.52 Å². The molecule has 10 heteroatoms. The van der Waals surface area contributed by atoms with Crippen molar-refractivity contribution in [1.82, 2.24) is 25.2 Å². The Kier molecular flexibility index (Phi) is 5.63. The van der Waals surface area contributed by atoms with Crippen LogP contribution in [0.15, 0.2) is 28.2 Å². The summed E-state index contributed by atoms with van der Waals surface area (Å²) < 4.78 is 19.2. The van der Waals surface area contributed by atoms with E-state index in [0.717, 1.165) is 25.9 Å². The topological polar surface area (TPSA) is 97.0 Å². The fraction of sp³-hybridized carbons (Fsp3) is 0.421. The highest BCUT2D eigenvalue weighted by Gasteiger charge is 2.30. The van der Waals surface area contributed by atoms with Crippen LogP contribution in [0.4, 0.5) is 9.52 Å². The molecule has 8 nitrogen and oxygen atoms in total. The van der Waals surface area contributed by atoms with Crippen LogP contribution in [0.3, 0.4) is 0 Å². The van der Waals surface area contributed by atoms with Crippen LogP contribution < -0.4 is 5.32 Å². The van der Waals surface area contributed by atoms with Crippen molar-refractivity contribution < 1.29 is 13.7 Å². The number of piperidine rings is 1. The zero-order valence-corrected chi connectivity index (χ0v) is 16.9. The van der Waals surface area contributed by atoms with Crippen LogP contribution in [0.5, 0.6) is 0 Å². The van der Waals surface area contributed by atoms with E-state index in [-0.39, 0.29) is 23.7 Å². The van der Waals surface area contributed by atoms with Crippen molar-refractivity contribution in [3.8, 4) is 11.4 Å². The zero-order valence-electron chi connectivity index (χ0n) is 16.1. The standard InChI is InChI=1S/C19H21FN6O2S/c1-11-3-4-14(9-15(11)20)16-22-18(28-25-16)12(2)26-7-5-13(6-8-26)17(27)23-19-24-21-10-29-19/h3-4,9-10,12-13H,5-8H2,1-2H3,(H,23,24,27). The lowest BCUT2D eigenvalue weighted by Gasteiger charge is -2.33. The quantitative estimate of drug-likeness (QED) is 0.680. The molecule has 1 saturated heterocycles. The number of likely N-dealkylation sites (tertiary alicyclic amines) is 1. The fourth-order valence-electron chi connectivity index (χ4n) is 3.39. The molecule has 0 saturated carbocycles. The second-order valence-corrected chi connectivity index (χ2v) is 7.97. The Hall–Kier alpha value is -2.72. The van der Waals surface area contributed by atoms with Gasteiger partial charge in [0.15, 0.2) is 0 Å². The number of anilines is 1. The number of nitrogens with one attached hydrogen (secondary N) is 1. The van der Waals surface area contributed by atoms with E-state index in [1.165, 1.54) is 17.4 Å². The van der Waals surface area contributed by atoms with Crippen molar-refractivity contribution in [2.24, 2.45) is 5.92 Å². The fourth-order valence-corrected chi connectivity index (χ4v) is 3.84. The number of amides is 1. The molecule has 0 radical (unpaired) electrons. The lowest BCUT2D eigenvalue weighted by atomic mass is 9.95. The molecule has 0 aliphatic carbocycles. The van der Waals surface area contributed by atoms with Crippen molar-refractivity contribution in [3.05, 3.63) is 41.0 Å². The van der Waals surface area contributed by atoms with Crippen LogP contribution in [0.2, 0.25) is 0 Å². The number of nitrogens with zero attached hydrogens (tertiary/aromatic N) is 5. The maximum absolute atomic E-state index is 13.8. The monoisotopic (exact) mass is 416 g/mol. The van der Waals surface area contributed by atoms with Gasteiger partial charge in [-0.25, -0.2) is 4.39 Å². The summed E-state index contributed by atoms with van der Waals surface area (Å²) in [6.07, 6.45) is 1.47. The van der Waals surface area contributed by atoms with Gasteiger partial charge >= 0.3 is 0 Å². The first-order chi connectivity index (χ1) is 14.0. The van der Waals surface area contributed by atoms with Crippen molar-refractivity contribution in [2.75, 3.05) is 18.4 Å². The highest BCUT2D eigenvalue weighted by atomic mass is 32.1. The Bertz CT molecular complexity index is 985. The third-order valence-electron chi connectivity index (χ3n) is 5.27. The Balaban J connectivity index is 1.36. The summed E-state index contributed by atoms with van der Waals surface area (Å²) in [6, 6.07) is 4.80. The van der Waals surface area contributed by atoms with Crippen molar-refractivity contribution in [1.29, 1.82) is 0 Å². The second kappa shape index (κ2) is 8.34. The van der Waals surface area contributed by atoms with Gasteiger partial charge in [-0.15, -0.1) is 10.2 Å². The zero-order chi connectivity index (χ0) is 20.4. The van der Waals surface area contributed by atoms with E-state index in [0.29, 0.717) is 28.0 Å². The minimum Gasteiger partial charge on any atom is -0.337 e. The van der Waals surface area contributed by atoms with Crippen LogP contribution in [0, 0.1) is 18.7 Å². The van der Waals surface area contributed by atoms with Crippen LogP contribution in [0.1, 0.15) is 37.3 Å². The molecule has 1 atom stereocenters. The molecule has 2 aromatic heterocycles. The van der Waals surface area contributed by atoms with Gasteiger partial charge in [0.2, 0.25) is 22.8 Å². The van der Waals surface area contributed by atoms with Gasteiger partial charge in [-0.05, 0) is 51.4 Å². The van der Waals surface area contributed by atoms with E-state index < -0.39 is 0 Å². The van der Waals surface area contributed by atoms with E-state index in [1.807, 2.05) is 6.92 Å². The number of carbonyl (C=O) groups excluding carboxylic acids is 1. The molecule has 1 aliphatic rings. The van der Waals surface area contributed by atoms with Gasteiger partial charge in [-0.2, -0.15) is 4.98 Å². The third-order valence-corrected chi connectivity index (χ3v) is 5.87. The maximum atomic E-state index is 13.8. The molecule has 1 aliphatic heterocycles. The highest BCUT2D eigenvalue weighted by molar-refractivity contribution is 7.13. The lowest BCUT2D eigenvalue weighted by Crippen LogP contribution is -2.39. The summed E-state index contributed by atoms with van der Waals surface area (Å²) in [5.41, 5.74) is 2.75. The number of hydrogen-bond donors (Lipinski definition) is 1. The molecule has 1 unspecified atom stereocenters. The number of carbonyl (C=O) groups is 1. The van der Waals surface area contributed by atoms with Gasteiger partial charge in [0.05, 0.1) is 6.04 Å². The highest BCUT2D eigenvalue weighted by Crippen LogP contribution is 2.28. The largest absolute Gasteiger partial charge is 0.337 e. The Labute approximate surface area is 171 Å². The van der Waals surface area contributed by atoms with E-state index in [2.05, 4.69) is 30.6 Å². The van der Waals surface area contributed by atoms with Crippen LogP contribution in [-0.4, -0.2) is 44.2 Å². The van der Waals surface area contributed by atoms with Crippen molar-refractivity contribution in [2.45, 2.75) is 32.7 Å². The van der Waals surface area contributed by atoms with Crippen molar-refractivity contribution >= 4 is 22.4 Å². The normalized spacial score (nSPS) is 16.7. The first-order valence-electron chi connectivity index (χ1n) is 9.42. The summed E-state index contributed by atoms with van der Waals surface area (Å²) in [5, 5.41) is 14.9. The Morgan fingerprint density at radius 2 is 2.17 bits per heavy atom. The molecule has 4 rings (SSSR count). The molecule has 0 spiro atoms. The molecule has 1 amide bonds. The predicted octanol–water partition coefficient (Wildman–Crippen LogP) is 3.45. The number of halogens is 1. The average Bonchev–Trinajstić information content (AvgIpc) is 3.42. The van der Waals surface area contributed by atoms with Crippen LogP contribution in [0.25, 0.3) is 11.4 Å². The Morgan fingerprint density at radius 1 is 1.38 bits per heavy atom. The first-order valence-corrected chi connectivity index (χ1v) is 10.3. The molecule has 3 aromatic rings. The number of aryl methyl sites for hydroxylation is 1. The van der Waals surface area contributed by atoms with Gasteiger partial charge in [0, 0.05) is 11.5 Å². The molecule has 3 heterocycles. The molecule has 1 aromatic carbocycles. The summed E-state index contributed by atoms with van der Waals surface area (Å²) in [6.45, 7) is 5.19. The minimum atomic E-state index is -0.296. The van der Waals surface area contributed by atoms with Gasteiger partial charge in [0.1, 0.15) is 11.3 Å². The second-order valence-electron chi connectivity index (χ2n) is 7.14. The summed E-state index contributed by atoms with van der Waals surface area (Å²) in [5.74, 6) is 0.484. The van der Waals surface area contributed by atoms with Crippen LogP contribution in [-0.2, 0) is 4.79 Å². The van der Waals surface area contributed by atoms with Gasteiger partial charge in [0.25, 0.3) is 0 Å². The summed E-state index contributed by atoms with van der Waals surface area (Å²) in [7, 11) is 0. The Morgan fingerprint density at radius 3 is 2.86 bits per heavy atom. The molecule has 1 N–H and O–H groups in total. The molecule has 152 valence electrons. The molecular weight excluding hydrogens is 395 g/mol. The van der Waals surface area contributed by atoms with Gasteiger partial charge in [-0.3, -0.25) is 9.69 Å². The third kappa shape index (κ3) is 4.33. The number of benzene rings is 1. The number of aromatic nitrogens is 4. The van der Waals surface area contributed by atoms with E-state index in [1.54, 1.807) is 24.6 Å². The summed E-state index contributed by atoms with van der Waals surface area (Å²) >= 11 is 1.30. The summed E-state index contributed by atoms with van der Waals surface area (Å²) in [4.78, 5) is 19.0. The molecule has 1 fully saturated rings. The predicted molar refractivity (Wildman–Crippen MR) is 106 cm³/mol. The molecule has 29 heavy (non-hydrogen) atoms. The van der Waals surface area contributed by atoms with Gasteiger partial charge in [-0.1, -0.05) is 28.6 Å². The maximum Gasteiger partial charge on any atom is 0.244 e. The number of hydrogen-bond acceptors (Lipinski definition) is 8. The minimum absolute atomic E-state index is 0.0180. The first kappa shape index (κ1) is 19.6. The van der Waals surface area contributed by atoms with E-state index >= 15 is 0 Å². The van der Waals surface area contributed by atoms with E-state index in [9.17, 15) is 9.18 Å². The number of rotatable bonds is 5. The SMILES string of the molecule is Cc1ccc(-c2noc(C(C)N3CCC(C(=O)Nc4nncs4)CC3)n2)cc1F. The van der Waals surface area contributed by atoms with Gasteiger partial charge < -0.3 is 9.84 Å². The lowest BCUT2D eigenvalue weighted by molar-refractivity contribution is -0.121.